The molecule has 2 aliphatic rings. The Morgan fingerprint density at radius 1 is 0.667 bits per heavy atom. The molecule has 2 N–H and O–H groups in total. The van der Waals surface area contributed by atoms with E-state index in [4.69, 9.17) is 0 Å². The Bertz CT molecular complexity index is 835. The summed E-state index contributed by atoms with van der Waals surface area (Å²) in [7, 11) is 0. The minimum absolute atomic E-state index is 0.104. The molecule has 0 saturated heterocycles. The van der Waals surface area contributed by atoms with Gasteiger partial charge in [-0.25, -0.2) is 0 Å². The normalized spacial score (nSPS) is 32.9. The first kappa shape index (κ1) is 37.3. The molecule has 0 bridgehead atoms. The zero-order valence-electron chi connectivity index (χ0n) is 29.6. The van der Waals surface area contributed by atoms with Gasteiger partial charge in [0.1, 0.15) is 0 Å². The van der Waals surface area contributed by atoms with Gasteiger partial charge in [0.25, 0.3) is 0 Å². The smallest absolute Gasteiger partial charge is 0.0548 e. The van der Waals surface area contributed by atoms with E-state index in [0.29, 0.717) is 29.6 Å². The van der Waals surface area contributed by atoms with Crippen molar-refractivity contribution in [2.45, 2.75) is 158 Å². The first-order chi connectivity index (χ1) is 19.6. The fraction of sp³-hybridized carbons (Fsp3) is 0.850. The third-order valence-corrected chi connectivity index (χ3v) is 11.2. The van der Waals surface area contributed by atoms with E-state index in [1.54, 1.807) is 0 Å². The summed E-state index contributed by atoms with van der Waals surface area (Å²) in [6.07, 6.45) is 28.2. The summed E-state index contributed by atoms with van der Waals surface area (Å²) in [5.41, 5.74) is 0.454. The van der Waals surface area contributed by atoms with Crippen LogP contribution in [0.5, 0.6) is 0 Å². The highest BCUT2D eigenvalue weighted by Crippen LogP contribution is 2.47. The number of aliphatic hydroxyl groups excluding tert-OH is 2. The van der Waals surface area contributed by atoms with Crippen molar-refractivity contribution in [3.05, 3.63) is 36.5 Å². The standard InChI is InChI=1S/C40H72O2/c1-29(17-13-19-31(3)21-23-37-33(5)25-35(41)27-39(37,7)8)15-11-12-16-30(2)18-14-20-32(4)22-24-38-34(6)26-36(42)28-40(38,9)10/h11-13,17,22,24,29-38,41-42H,14-16,18-21,23,25-28H2,1-10H3/b12-11-,17-13-,24-22+/t29-,30-,31+,32+,33+,34-,35-,36-,37+,38-/m0/s1. The number of aliphatic hydroxyl groups is 2. The number of allylic oxidation sites excluding steroid dienone is 6. The molecule has 0 aliphatic heterocycles. The van der Waals surface area contributed by atoms with Crippen LogP contribution in [0.3, 0.4) is 0 Å². The van der Waals surface area contributed by atoms with E-state index in [1.807, 2.05) is 0 Å². The molecule has 0 unspecified atom stereocenters. The molecular weight excluding hydrogens is 512 g/mol. The van der Waals surface area contributed by atoms with Gasteiger partial charge in [-0.1, -0.05) is 125 Å². The maximum atomic E-state index is 10.2. The molecule has 2 aliphatic carbocycles. The summed E-state index contributed by atoms with van der Waals surface area (Å²) in [5, 5.41) is 20.4. The maximum Gasteiger partial charge on any atom is 0.0548 e. The predicted octanol–water partition coefficient (Wildman–Crippen LogP) is 11.2. The molecule has 0 radical (unpaired) electrons. The third kappa shape index (κ3) is 13.0. The molecule has 42 heavy (non-hydrogen) atoms. The first-order valence-electron chi connectivity index (χ1n) is 18.0. The van der Waals surface area contributed by atoms with Gasteiger partial charge < -0.3 is 10.2 Å². The predicted molar refractivity (Wildman–Crippen MR) is 184 cm³/mol. The third-order valence-electron chi connectivity index (χ3n) is 11.2. The Balaban J connectivity index is 1.59. The molecule has 2 nitrogen and oxygen atoms in total. The molecule has 2 saturated carbocycles. The van der Waals surface area contributed by atoms with Crippen molar-refractivity contribution >= 4 is 0 Å². The van der Waals surface area contributed by atoms with Gasteiger partial charge in [0, 0.05) is 0 Å². The molecule has 0 amide bonds. The molecule has 0 aromatic carbocycles. The lowest BCUT2D eigenvalue weighted by atomic mass is 9.61. The zero-order valence-corrected chi connectivity index (χ0v) is 29.6. The number of hydrogen-bond acceptors (Lipinski definition) is 2. The lowest BCUT2D eigenvalue weighted by molar-refractivity contribution is -0.0173. The van der Waals surface area contributed by atoms with Crippen LogP contribution in [-0.4, -0.2) is 22.4 Å². The second kappa shape index (κ2) is 17.6. The average molecular weight is 585 g/mol. The Kier molecular flexibility index (Phi) is 15.6. The fourth-order valence-corrected chi connectivity index (χ4v) is 8.66. The highest BCUT2D eigenvalue weighted by Gasteiger charge is 2.40. The van der Waals surface area contributed by atoms with Crippen molar-refractivity contribution in [2.75, 3.05) is 0 Å². The highest BCUT2D eigenvalue weighted by molar-refractivity contribution is 5.03. The van der Waals surface area contributed by atoms with Crippen LogP contribution < -0.4 is 0 Å². The molecule has 10 atom stereocenters. The van der Waals surface area contributed by atoms with Gasteiger partial charge >= 0.3 is 0 Å². The van der Waals surface area contributed by atoms with Crippen LogP contribution >= 0.6 is 0 Å². The zero-order chi connectivity index (χ0) is 31.5. The van der Waals surface area contributed by atoms with Gasteiger partial charge in [-0.05, 0) is 116 Å². The van der Waals surface area contributed by atoms with Crippen molar-refractivity contribution in [1.82, 2.24) is 0 Å². The van der Waals surface area contributed by atoms with Crippen molar-refractivity contribution in [3.8, 4) is 0 Å². The molecule has 0 aromatic heterocycles. The van der Waals surface area contributed by atoms with Gasteiger partial charge in [-0.15, -0.1) is 0 Å². The summed E-state index contributed by atoms with van der Waals surface area (Å²) in [6, 6.07) is 0. The van der Waals surface area contributed by atoms with E-state index in [0.717, 1.165) is 49.9 Å². The highest BCUT2D eigenvalue weighted by atomic mass is 16.3. The van der Waals surface area contributed by atoms with E-state index in [2.05, 4.69) is 106 Å². The Morgan fingerprint density at radius 2 is 1.24 bits per heavy atom. The lowest BCUT2D eigenvalue weighted by Gasteiger charge is -2.45. The van der Waals surface area contributed by atoms with Gasteiger partial charge in [0.05, 0.1) is 12.2 Å². The second-order valence-electron chi connectivity index (χ2n) is 16.9. The Labute approximate surface area is 262 Å². The molecule has 0 spiro atoms. The van der Waals surface area contributed by atoms with Gasteiger partial charge in [0.15, 0.2) is 0 Å². The van der Waals surface area contributed by atoms with Crippen LogP contribution in [0.4, 0.5) is 0 Å². The van der Waals surface area contributed by atoms with Gasteiger partial charge in [-0.3, -0.25) is 0 Å². The minimum atomic E-state index is -0.128. The van der Waals surface area contributed by atoms with Crippen LogP contribution in [0.15, 0.2) is 36.5 Å². The topological polar surface area (TPSA) is 40.5 Å². The monoisotopic (exact) mass is 585 g/mol. The largest absolute Gasteiger partial charge is 0.393 e. The van der Waals surface area contributed by atoms with Crippen molar-refractivity contribution in [1.29, 1.82) is 0 Å². The van der Waals surface area contributed by atoms with Crippen LogP contribution in [0.1, 0.15) is 146 Å². The van der Waals surface area contributed by atoms with Crippen LogP contribution in [0.2, 0.25) is 0 Å². The van der Waals surface area contributed by atoms with E-state index in [9.17, 15) is 10.2 Å². The first-order valence-corrected chi connectivity index (χ1v) is 18.0. The molecule has 2 rings (SSSR count). The Morgan fingerprint density at radius 3 is 1.88 bits per heavy atom. The van der Waals surface area contributed by atoms with E-state index in [1.165, 1.54) is 44.9 Å². The second-order valence-corrected chi connectivity index (χ2v) is 16.9. The fourth-order valence-electron chi connectivity index (χ4n) is 8.66. The number of rotatable bonds is 16. The van der Waals surface area contributed by atoms with Crippen LogP contribution in [-0.2, 0) is 0 Å². The van der Waals surface area contributed by atoms with E-state index >= 15 is 0 Å². The minimum Gasteiger partial charge on any atom is -0.393 e. The van der Waals surface area contributed by atoms with Crippen LogP contribution in [0, 0.1) is 58.2 Å². The van der Waals surface area contributed by atoms with Gasteiger partial charge in [0.2, 0.25) is 0 Å². The number of hydrogen-bond donors (Lipinski definition) is 2. The molecular formula is C40H72O2. The Hall–Kier alpha value is -0.860. The molecule has 0 aromatic rings. The van der Waals surface area contributed by atoms with E-state index < -0.39 is 0 Å². The molecule has 0 heterocycles. The van der Waals surface area contributed by atoms with Gasteiger partial charge in [-0.2, -0.15) is 0 Å². The van der Waals surface area contributed by atoms with Crippen molar-refractivity contribution in [2.24, 2.45) is 58.2 Å². The summed E-state index contributed by atoms with van der Waals surface area (Å²) < 4.78 is 0. The molecule has 2 heteroatoms. The SMILES string of the molecule is C[C@H](C/C=C\[C@@H](C)C/C=C\C[C@H](C)CCC[C@@H](C)/C=C/[C@H]1[C@@H](C)C[C@H](O)CC1(C)C)CC[C@@H]1[C@H](C)C[C@H](O)CC1(C)C. The van der Waals surface area contributed by atoms with Crippen LogP contribution in [0.25, 0.3) is 0 Å². The van der Waals surface area contributed by atoms with E-state index in [-0.39, 0.29) is 23.0 Å². The van der Waals surface area contributed by atoms with Crippen molar-refractivity contribution < 1.29 is 10.2 Å². The average Bonchev–Trinajstić information content (AvgIpc) is 2.84. The molecule has 244 valence electrons. The summed E-state index contributed by atoms with van der Waals surface area (Å²) in [4.78, 5) is 0. The summed E-state index contributed by atoms with van der Waals surface area (Å²) in [5.74, 6) is 5.23. The lowest BCUT2D eigenvalue weighted by Crippen LogP contribution is -2.40. The van der Waals surface area contributed by atoms with Crippen molar-refractivity contribution in [3.63, 3.8) is 0 Å². The summed E-state index contributed by atoms with van der Waals surface area (Å²) >= 11 is 0. The summed E-state index contributed by atoms with van der Waals surface area (Å²) in [6.45, 7) is 23.6. The maximum absolute atomic E-state index is 10.2. The molecule has 2 fully saturated rings. The quantitative estimate of drug-likeness (QED) is 0.177.